The van der Waals surface area contributed by atoms with Crippen LogP contribution in [0.25, 0.3) is 0 Å². The van der Waals surface area contributed by atoms with E-state index in [-0.39, 0.29) is 18.2 Å². The Morgan fingerprint density at radius 2 is 2.09 bits per heavy atom. The molecule has 0 aliphatic carbocycles. The van der Waals surface area contributed by atoms with E-state index < -0.39 is 5.82 Å². The van der Waals surface area contributed by atoms with Crippen LogP contribution in [0.4, 0.5) is 4.39 Å². The maximum absolute atomic E-state index is 13.8. The van der Waals surface area contributed by atoms with Gasteiger partial charge in [0.25, 0.3) is 5.91 Å². The highest BCUT2D eigenvalue weighted by Crippen LogP contribution is 2.19. The smallest absolute Gasteiger partial charge is 0.254 e. The molecule has 0 unspecified atom stereocenters. The second-order valence-electron chi connectivity index (χ2n) is 4.98. The van der Waals surface area contributed by atoms with Crippen LogP contribution >= 0.6 is 0 Å². The predicted octanol–water partition coefficient (Wildman–Crippen LogP) is 3.37. The molecule has 2 aromatic rings. The first-order chi connectivity index (χ1) is 11.1. The Balaban J connectivity index is 2.20. The minimum atomic E-state index is -0.458. The molecule has 0 aliphatic rings. The molecule has 5 heteroatoms. The number of carbonyl (C=O) groups is 1. The lowest BCUT2D eigenvalue weighted by Gasteiger charge is -2.21. The zero-order valence-corrected chi connectivity index (χ0v) is 13.0. The Bertz CT molecular complexity index is 753. The van der Waals surface area contributed by atoms with Crippen LogP contribution in [0.5, 0.6) is 5.75 Å². The molecule has 118 valence electrons. The van der Waals surface area contributed by atoms with Crippen molar-refractivity contribution in [3.63, 3.8) is 0 Å². The van der Waals surface area contributed by atoms with Gasteiger partial charge in [-0.2, -0.15) is 5.26 Å². The summed E-state index contributed by atoms with van der Waals surface area (Å²) in [6.45, 7) is 2.61. The topological polar surface area (TPSA) is 53.3 Å². The Morgan fingerprint density at radius 3 is 2.70 bits per heavy atom. The molecule has 2 rings (SSSR count). The number of ether oxygens (including phenoxy) is 1. The summed E-state index contributed by atoms with van der Waals surface area (Å²) in [6, 6.07) is 13.2. The summed E-state index contributed by atoms with van der Waals surface area (Å²) < 4.78 is 18.7. The second-order valence-corrected chi connectivity index (χ2v) is 4.98. The van der Waals surface area contributed by atoms with E-state index in [1.54, 1.807) is 41.3 Å². The van der Waals surface area contributed by atoms with E-state index in [4.69, 9.17) is 10.00 Å². The van der Waals surface area contributed by atoms with Gasteiger partial charge in [0.2, 0.25) is 0 Å². The lowest BCUT2D eigenvalue weighted by molar-refractivity contribution is 0.0752. The highest BCUT2D eigenvalue weighted by Gasteiger charge is 2.16. The molecule has 1 amide bonds. The van der Waals surface area contributed by atoms with Crippen LogP contribution < -0.4 is 4.74 Å². The third-order valence-corrected chi connectivity index (χ3v) is 3.50. The maximum Gasteiger partial charge on any atom is 0.254 e. The third kappa shape index (κ3) is 3.86. The first-order valence-electron chi connectivity index (χ1n) is 7.21. The fourth-order valence-electron chi connectivity index (χ4n) is 2.26. The van der Waals surface area contributed by atoms with Gasteiger partial charge in [-0.1, -0.05) is 12.1 Å². The average molecular weight is 312 g/mol. The molecule has 0 spiro atoms. The molecule has 0 fully saturated rings. The predicted molar refractivity (Wildman–Crippen MR) is 84.5 cm³/mol. The van der Waals surface area contributed by atoms with Crippen molar-refractivity contribution < 1.29 is 13.9 Å². The van der Waals surface area contributed by atoms with Gasteiger partial charge in [0.15, 0.2) is 11.6 Å². The molecule has 0 atom stereocenters. The third-order valence-electron chi connectivity index (χ3n) is 3.50. The minimum absolute atomic E-state index is 0.171. The molecular weight excluding hydrogens is 295 g/mol. The van der Waals surface area contributed by atoms with E-state index in [2.05, 4.69) is 0 Å². The molecular formula is C18H17FN2O2. The van der Waals surface area contributed by atoms with Crippen molar-refractivity contribution in [3.05, 3.63) is 65.0 Å². The number of halogens is 1. The van der Waals surface area contributed by atoms with Crippen molar-refractivity contribution >= 4 is 5.91 Å². The first kappa shape index (κ1) is 16.5. The number of nitrogens with zero attached hydrogens (tertiary/aromatic N) is 2. The maximum atomic E-state index is 13.8. The quantitative estimate of drug-likeness (QED) is 0.850. The number of hydrogen-bond acceptors (Lipinski definition) is 3. The molecule has 0 saturated carbocycles. The summed E-state index contributed by atoms with van der Waals surface area (Å²) in [6.07, 6.45) is 0. The summed E-state index contributed by atoms with van der Waals surface area (Å²) >= 11 is 0. The molecule has 0 N–H and O–H groups in total. The number of carbonyl (C=O) groups excluding carboxylic acids is 1. The number of benzene rings is 2. The molecule has 4 nitrogen and oxygen atoms in total. The Morgan fingerprint density at radius 1 is 1.30 bits per heavy atom. The highest BCUT2D eigenvalue weighted by molar-refractivity contribution is 5.94. The number of amides is 1. The Labute approximate surface area is 134 Å². The van der Waals surface area contributed by atoms with Gasteiger partial charge in [-0.3, -0.25) is 4.79 Å². The summed E-state index contributed by atoms with van der Waals surface area (Å²) in [5.41, 5.74) is 1.55. The van der Waals surface area contributed by atoms with Crippen molar-refractivity contribution in [1.29, 1.82) is 5.26 Å². The van der Waals surface area contributed by atoms with Crippen molar-refractivity contribution in [2.45, 2.75) is 13.5 Å². The zero-order valence-electron chi connectivity index (χ0n) is 13.0. The average Bonchev–Trinajstić information content (AvgIpc) is 2.59. The van der Waals surface area contributed by atoms with Crippen molar-refractivity contribution in [2.75, 3.05) is 13.7 Å². The van der Waals surface area contributed by atoms with Gasteiger partial charge >= 0.3 is 0 Å². The SMILES string of the molecule is CCN(Cc1ccc(OC)c(F)c1)C(=O)c1cccc(C#N)c1. The molecule has 0 saturated heterocycles. The zero-order chi connectivity index (χ0) is 16.8. The minimum Gasteiger partial charge on any atom is -0.494 e. The largest absolute Gasteiger partial charge is 0.494 e. The number of hydrogen-bond donors (Lipinski definition) is 0. The summed E-state index contributed by atoms with van der Waals surface area (Å²) in [7, 11) is 1.40. The van der Waals surface area contributed by atoms with Crippen LogP contribution in [0.1, 0.15) is 28.4 Å². The molecule has 0 heterocycles. The summed E-state index contributed by atoms with van der Waals surface area (Å²) in [5.74, 6) is -0.481. The van der Waals surface area contributed by atoms with Gasteiger partial charge in [0.1, 0.15) is 0 Å². The molecule has 2 aromatic carbocycles. The first-order valence-corrected chi connectivity index (χ1v) is 7.21. The van der Waals surface area contributed by atoms with Gasteiger partial charge in [-0.25, -0.2) is 4.39 Å². The van der Waals surface area contributed by atoms with E-state index in [9.17, 15) is 9.18 Å². The van der Waals surface area contributed by atoms with Crippen LogP contribution in [0.3, 0.4) is 0 Å². The molecule has 0 aliphatic heterocycles. The number of methoxy groups -OCH3 is 1. The van der Waals surface area contributed by atoms with Crippen LogP contribution in [0.15, 0.2) is 42.5 Å². The van der Waals surface area contributed by atoms with E-state index in [0.717, 1.165) is 0 Å². The monoisotopic (exact) mass is 312 g/mol. The summed E-state index contributed by atoms with van der Waals surface area (Å²) in [4.78, 5) is 14.1. The number of nitriles is 1. The van der Waals surface area contributed by atoms with E-state index >= 15 is 0 Å². The lowest BCUT2D eigenvalue weighted by Crippen LogP contribution is -2.30. The van der Waals surface area contributed by atoms with Crippen LogP contribution in [0, 0.1) is 17.1 Å². The van der Waals surface area contributed by atoms with Crippen molar-refractivity contribution in [2.24, 2.45) is 0 Å². The van der Waals surface area contributed by atoms with Gasteiger partial charge < -0.3 is 9.64 Å². The standard InChI is InChI=1S/C18H17FN2O2/c1-3-21(12-14-7-8-17(23-2)16(19)10-14)18(22)15-6-4-5-13(9-15)11-20/h4-10H,3,12H2,1-2H3. The molecule has 0 bridgehead atoms. The fraction of sp³-hybridized carbons (Fsp3) is 0.222. The van der Waals surface area contributed by atoms with Crippen molar-refractivity contribution in [3.8, 4) is 11.8 Å². The number of rotatable bonds is 5. The van der Waals surface area contributed by atoms with Gasteiger partial charge in [-0.15, -0.1) is 0 Å². The molecule has 0 radical (unpaired) electrons. The summed E-state index contributed by atoms with van der Waals surface area (Å²) in [5, 5.41) is 8.93. The van der Waals surface area contributed by atoms with E-state index in [1.807, 2.05) is 13.0 Å². The van der Waals surface area contributed by atoms with Crippen molar-refractivity contribution in [1.82, 2.24) is 4.90 Å². The second kappa shape index (κ2) is 7.41. The fourth-order valence-corrected chi connectivity index (χ4v) is 2.26. The normalized spacial score (nSPS) is 10.0. The Kier molecular flexibility index (Phi) is 5.32. The van der Waals surface area contributed by atoms with E-state index in [0.29, 0.717) is 23.2 Å². The van der Waals surface area contributed by atoms with Gasteiger partial charge in [0, 0.05) is 18.7 Å². The van der Waals surface area contributed by atoms with Gasteiger partial charge in [0.05, 0.1) is 18.7 Å². The Hall–Kier alpha value is -2.87. The van der Waals surface area contributed by atoms with Crippen LogP contribution in [-0.2, 0) is 6.54 Å². The van der Waals surface area contributed by atoms with Crippen LogP contribution in [0.2, 0.25) is 0 Å². The lowest BCUT2D eigenvalue weighted by atomic mass is 10.1. The van der Waals surface area contributed by atoms with Crippen LogP contribution in [-0.4, -0.2) is 24.5 Å². The molecule has 0 aromatic heterocycles. The van der Waals surface area contributed by atoms with Gasteiger partial charge in [-0.05, 0) is 42.8 Å². The van der Waals surface area contributed by atoms with E-state index in [1.165, 1.54) is 13.2 Å². The molecule has 23 heavy (non-hydrogen) atoms. The highest BCUT2D eigenvalue weighted by atomic mass is 19.1.